The number of carbonyl (C=O) groups is 1. The molecule has 0 aliphatic heterocycles. The van der Waals surface area contributed by atoms with E-state index in [1.807, 2.05) is 42.7 Å². The van der Waals surface area contributed by atoms with Crippen LogP contribution in [-0.2, 0) is 5.75 Å². The maximum absolute atomic E-state index is 13.4. The Morgan fingerprint density at radius 1 is 1.07 bits per heavy atom. The minimum Gasteiger partial charge on any atom is -0.352 e. The Morgan fingerprint density at radius 2 is 1.77 bits per heavy atom. The summed E-state index contributed by atoms with van der Waals surface area (Å²) in [5.41, 5.74) is 2.42. The molecule has 3 rings (SSSR count). The molecule has 1 N–H and O–H groups in total. The van der Waals surface area contributed by atoms with Crippen molar-refractivity contribution in [3.05, 3.63) is 71.3 Å². The van der Waals surface area contributed by atoms with E-state index in [0.29, 0.717) is 28.9 Å². The molecule has 0 saturated heterocycles. The second-order valence-electron chi connectivity index (χ2n) is 7.86. The van der Waals surface area contributed by atoms with Gasteiger partial charge in [0, 0.05) is 29.5 Å². The molecule has 0 spiro atoms. The molecule has 0 atom stereocenters. The third-order valence-electron chi connectivity index (χ3n) is 4.55. The second-order valence-corrected chi connectivity index (χ2v) is 8.80. The molecule has 5 nitrogen and oxygen atoms in total. The molecule has 0 fully saturated rings. The molecule has 0 aliphatic carbocycles. The lowest BCUT2D eigenvalue weighted by atomic mass is 10.1. The van der Waals surface area contributed by atoms with Crippen LogP contribution in [0.1, 0.15) is 55.4 Å². The van der Waals surface area contributed by atoms with Crippen LogP contribution in [0, 0.1) is 11.7 Å². The van der Waals surface area contributed by atoms with Gasteiger partial charge in [-0.1, -0.05) is 57.7 Å². The van der Waals surface area contributed by atoms with Gasteiger partial charge in [0.25, 0.3) is 5.91 Å². The average molecular weight is 427 g/mol. The number of rotatable bonds is 8. The molecule has 30 heavy (non-hydrogen) atoms. The Morgan fingerprint density at radius 3 is 2.43 bits per heavy atom. The van der Waals surface area contributed by atoms with E-state index >= 15 is 0 Å². The van der Waals surface area contributed by atoms with Crippen molar-refractivity contribution < 1.29 is 9.18 Å². The van der Waals surface area contributed by atoms with Crippen molar-refractivity contribution in [1.82, 2.24) is 20.1 Å². The zero-order valence-electron chi connectivity index (χ0n) is 17.7. The second kappa shape index (κ2) is 9.89. The molecule has 0 saturated carbocycles. The number of thioether (sulfide) groups is 1. The average Bonchev–Trinajstić information content (AvgIpc) is 3.15. The van der Waals surface area contributed by atoms with Crippen LogP contribution in [0.5, 0.6) is 0 Å². The van der Waals surface area contributed by atoms with E-state index in [1.165, 1.54) is 23.9 Å². The van der Waals surface area contributed by atoms with Crippen LogP contribution in [0.15, 0.2) is 53.7 Å². The fourth-order valence-electron chi connectivity index (χ4n) is 2.98. The van der Waals surface area contributed by atoms with Gasteiger partial charge in [0.1, 0.15) is 11.6 Å². The minimum absolute atomic E-state index is 0.0669. The summed E-state index contributed by atoms with van der Waals surface area (Å²) >= 11 is 1.51. The topological polar surface area (TPSA) is 59.8 Å². The van der Waals surface area contributed by atoms with Gasteiger partial charge in [0.05, 0.1) is 0 Å². The van der Waals surface area contributed by atoms with Gasteiger partial charge in [-0.05, 0) is 41.8 Å². The Kier molecular flexibility index (Phi) is 7.26. The molecule has 3 aromatic rings. The van der Waals surface area contributed by atoms with Gasteiger partial charge in [-0.3, -0.25) is 9.36 Å². The highest BCUT2D eigenvalue weighted by Gasteiger charge is 2.18. The van der Waals surface area contributed by atoms with Crippen molar-refractivity contribution in [3.8, 4) is 5.69 Å². The molecule has 2 aromatic carbocycles. The Bertz CT molecular complexity index is 999. The SMILES string of the molecule is CC(C)CNC(=O)c1ccccc1CSc1nnc(C(C)C)n1-c1ccc(F)cc1. The third-order valence-corrected chi connectivity index (χ3v) is 5.53. The molecule has 0 radical (unpaired) electrons. The zero-order chi connectivity index (χ0) is 21.7. The number of hydrogen-bond donors (Lipinski definition) is 1. The maximum Gasteiger partial charge on any atom is 0.251 e. The van der Waals surface area contributed by atoms with E-state index in [0.717, 1.165) is 17.1 Å². The van der Waals surface area contributed by atoms with E-state index in [1.54, 1.807) is 12.1 Å². The smallest absolute Gasteiger partial charge is 0.251 e. The summed E-state index contributed by atoms with van der Waals surface area (Å²) in [7, 11) is 0. The van der Waals surface area contributed by atoms with Crippen molar-refractivity contribution >= 4 is 17.7 Å². The number of aromatic nitrogens is 3. The van der Waals surface area contributed by atoms with Gasteiger partial charge in [0.2, 0.25) is 0 Å². The van der Waals surface area contributed by atoms with Crippen molar-refractivity contribution in [3.63, 3.8) is 0 Å². The lowest BCUT2D eigenvalue weighted by Crippen LogP contribution is -2.28. The number of nitrogens with one attached hydrogen (secondary N) is 1. The summed E-state index contributed by atoms with van der Waals surface area (Å²) in [5, 5.41) is 12.4. The summed E-state index contributed by atoms with van der Waals surface area (Å²) in [4.78, 5) is 12.6. The molecular weight excluding hydrogens is 399 g/mol. The molecular formula is C23H27FN4OS. The molecule has 7 heteroatoms. The first kappa shape index (κ1) is 22.0. The van der Waals surface area contributed by atoms with Gasteiger partial charge in [-0.15, -0.1) is 10.2 Å². The van der Waals surface area contributed by atoms with Gasteiger partial charge < -0.3 is 5.32 Å². The van der Waals surface area contributed by atoms with Crippen LogP contribution in [0.4, 0.5) is 4.39 Å². The maximum atomic E-state index is 13.4. The summed E-state index contributed by atoms with van der Waals surface area (Å²) in [6.45, 7) is 8.86. The monoisotopic (exact) mass is 426 g/mol. The summed E-state index contributed by atoms with van der Waals surface area (Å²) in [6.07, 6.45) is 0. The number of halogens is 1. The zero-order valence-corrected chi connectivity index (χ0v) is 18.5. The van der Waals surface area contributed by atoms with Gasteiger partial charge in [0.15, 0.2) is 5.16 Å². The number of hydrogen-bond acceptors (Lipinski definition) is 4. The lowest BCUT2D eigenvalue weighted by Gasteiger charge is -2.13. The molecule has 0 aliphatic rings. The standard InChI is InChI=1S/C23H27FN4OS/c1-15(2)13-25-22(29)20-8-6-5-7-17(20)14-30-23-27-26-21(16(3)4)28(23)19-11-9-18(24)10-12-19/h5-12,15-16H,13-14H2,1-4H3,(H,25,29). The highest BCUT2D eigenvalue weighted by atomic mass is 32.2. The first-order chi connectivity index (χ1) is 14.4. The number of carbonyl (C=O) groups excluding carboxylic acids is 1. The molecule has 158 valence electrons. The van der Waals surface area contributed by atoms with Gasteiger partial charge >= 0.3 is 0 Å². The summed E-state index contributed by atoms with van der Waals surface area (Å²) in [5.74, 6) is 1.58. The Labute approximate surface area is 181 Å². The molecule has 0 bridgehead atoms. The normalized spacial score (nSPS) is 11.3. The first-order valence-electron chi connectivity index (χ1n) is 10.1. The predicted octanol–water partition coefficient (Wildman–Crippen LogP) is 5.21. The molecule has 1 amide bonds. The van der Waals surface area contributed by atoms with Crippen molar-refractivity contribution in [2.75, 3.05) is 6.54 Å². The van der Waals surface area contributed by atoms with E-state index in [2.05, 4.69) is 29.4 Å². The molecule has 1 heterocycles. The summed E-state index contributed by atoms with van der Waals surface area (Å²) in [6, 6.07) is 13.9. The third kappa shape index (κ3) is 5.27. The number of benzene rings is 2. The van der Waals surface area contributed by atoms with Crippen LogP contribution in [0.25, 0.3) is 5.69 Å². The predicted molar refractivity (Wildman–Crippen MR) is 119 cm³/mol. The quantitative estimate of drug-likeness (QED) is 0.503. The van der Waals surface area contributed by atoms with Gasteiger partial charge in [-0.25, -0.2) is 4.39 Å². The Hall–Kier alpha value is -2.67. The van der Waals surface area contributed by atoms with Crippen LogP contribution >= 0.6 is 11.8 Å². The highest BCUT2D eigenvalue weighted by molar-refractivity contribution is 7.98. The van der Waals surface area contributed by atoms with E-state index in [-0.39, 0.29) is 17.6 Å². The fraction of sp³-hybridized carbons (Fsp3) is 0.348. The first-order valence-corrected chi connectivity index (χ1v) is 11.1. The number of nitrogens with zero attached hydrogens (tertiary/aromatic N) is 3. The van der Waals surface area contributed by atoms with Crippen LogP contribution in [-0.4, -0.2) is 27.2 Å². The lowest BCUT2D eigenvalue weighted by molar-refractivity contribution is 0.0948. The molecule has 0 unspecified atom stereocenters. The van der Waals surface area contributed by atoms with E-state index < -0.39 is 0 Å². The van der Waals surface area contributed by atoms with Crippen LogP contribution in [0.3, 0.4) is 0 Å². The van der Waals surface area contributed by atoms with E-state index in [4.69, 9.17) is 0 Å². The highest BCUT2D eigenvalue weighted by Crippen LogP contribution is 2.29. The van der Waals surface area contributed by atoms with Crippen LogP contribution < -0.4 is 5.32 Å². The van der Waals surface area contributed by atoms with Crippen molar-refractivity contribution in [2.24, 2.45) is 5.92 Å². The number of amides is 1. The summed E-state index contributed by atoms with van der Waals surface area (Å²) < 4.78 is 15.4. The Balaban J connectivity index is 1.85. The minimum atomic E-state index is -0.284. The van der Waals surface area contributed by atoms with Gasteiger partial charge in [-0.2, -0.15) is 0 Å². The van der Waals surface area contributed by atoms with Crippen molar-refractivity contribution in [2.45, 2.75) is 44.5 Å². The largest absolute Gasteiger partial charge is 0.352 e. The molecule has 1 aromatic heterocycles. The van der Waals surface area contributed by atoms with Crippen LogP contribution in [0.2, 0.25) is 0 Å². The fourth-order valence-corrected chi connectivity index (χ4v) is 3.95. The van der Waals surface area contributed by atoms with Crippen molar-refractivity contribution in [1.29, 1.82) is 0 Å². The van der Waals surface area contributed by atoms with E-state index in [9.17, 15) is 9.18 Å².